The van der Waals surface area contributed by atoms with E-state index in [1.54, 1.807) is 75.6 Å². The monoisotopic (exact) mass is 1880 g/mol. The molecule has 0 amide bonds. The van der Waals surface area contributed by atoms with Crippen molar-refractivity contribution in [2.75, 3.05) is 0 Å². The smallest absolute Gasteiger partial charge is 3.00 e. The molecule has 0 N–H and O–H groups in total. The molecule has 115 heavy (non-hydrogen) atoms. The summed E-state index contributed by atoms with van der Waals surface area (Å²) in [5.41, 5.74) is 24.2. The molecule has 6 heterocycles. The van der Waals surface area contributed by atoms with Crippen LogP contribution in [0.4, 0.5) is 39.5 Å². The maximum absolute atomic E-state index is 13.4. The van der Waals surface area contributed by atoms with E-state index in [9.17, 15) is 39.5 Å². The van der Waals surface area contributed by atoms with Crippen LogP contribution in [0.25, 0.3) is 67.5 Å². The Labute approximate surface area is 704 Å². The first kappa shape index (κ1) is 89.3. The van der Waals surface area contributed by atoms with Crippen molar-refractivity contribution in [3.63, 3.8) is 0 Å². The minimum atomic E-state index is -4.76. The number of aryl methyl sites for hydroxylation is 12. The van der Waals surface area contributed by atoms with Gasteiger partial charge in [-0.15, -0.1) is 89.5 Å². The van der Waals surface area contributed by atoms with Crippen molar-refractivity contribution in [1.29, 1.82) is 0 Å². The quantitative estimate of drug-likeness (QED) is 0.0334. The summed E-state index contributed by atoms with van der Waals surface area (Å²) < 4.78 is 119. The molecule has 0 spiro atoms. The van der Waals surface area contributed by atoms with Gasteiger partial charge in [0.2, 0.25) is 0 Å². The summed E-state index contributed by atoms with van der Waals surface area (Å²) in [7, 11) is 14.8. The van der Waals surface area contributed by atoms with Crippen molar-refractivity contribution in [3.05, 3.63) is 394 Å². The summed E-state index contributed by atoms with van der Waals surface area (Å²) in [6.45, 7) is 0. The van der Waals surface area contributed by atoms with Crippen molar-refractivity contribution in [1.82, 2.24) is 29.9 Å². The van der Waals surface area contributed by atoms with Crippen molar-refractivity contribution in [2.45, 2.75) is 83.2 Å². The summed E-state index contributed by atoms with van der Waals surface area (Å²) in [5.74, 6) is -1.73. The molecular weight excluding hydrogens is 1810 g/mol. The van der Waals surface area contributed by atoms with Gasteiger partial charge in [0, 0.05) is 71.3 Å². The molecule has 0 bridgehead atoms. The first-order valence-electron chi connectivity index (χ1n) is 35.6. The van der Waals surface area contributed by atoms with Crippen molar-refractivity contribution >= 4 is 35.4 Å². The van der Waals surface area contributed by atoms with E-state index < -0.39 is 19.2 Å². The number of nitrogens with zero attached hydrogens (tertiary/aromatic N) is 6. The molecule has 0 aliphatic carbocycles. The van der Waals surface area contributed by atoms with E-state index >= 15 is 0 Å². The molecule has 14 aromatic rings. The van der Waals surface area contributed by atoms with Crippen LogP contribution in [0, 0.1) is 53.1 Å². The van der Waals surface area contributed by atoms with Crippen LogP contribution in [0.3, 0.4) is 0 Å². The fourth-order valence-electron chi connectivity index (χ4n) is 12.3. The molecule has 23 heteroatoms. The Morgan fingerprint density at radius 1 is 0.287 bits per heavy atom. The van der Waals surface area contributed by atoms with Gasteiger partial charge in [-0.1, -0.05) is 91.0 Å². The molecule has 6 aromatic heterocycles. The van der Waals surface area contributed by atoms with Gasteiger partial charge in [-0.05, 0) is 252 Å². The van der Waals surface area contributed by atoms with Gasteiger partial charge < -0.3 is 19.7 Å². The molecule has 0 atom stereocenters. The van der Waals surface area contributed by atoms with Crippen LogP contribution in [0.2, 0.25) is 0 Å². The summed E-state index contributed by atoms with van der Waals surface area (Å²) >= 11 is 0.0400. The van der Waals surface area contributed by atoms with Gasteiger partial charge in [-0.2, -0.15) is 6.29 Å². The molecule has 0 aliphatic heterocycles. The van der Waals surface area contributed by atoms with Crippen LogP contribution >= 0.6 is 29.1 Å². The second kappa shape index (κ2) is 45.6. The fraction of sp³-hybridized carbons (Fsp3) is 0.141. The predicted octanol–water partition coefficient (Wildman–Crippen LogP) is 23.3. The summed E-state index contributed by atoms with van der Waals surface area (Å²) in [4.78, 5) is 36.3. The van der Waals surface area contributed by atoms with Gasteiger partial charge >= 0.3 is 85.8 Å². The standard InChI is InChI=1S/C45H36F3N3.C45H33F3N3.C2F3O.Ag.3ClH.O.2Rh/c2*46-40-16-10-37(11-17-40)43-22-7-31(28-49-43)1-4-34-25-35(5-2-32-8-23-44(50-29-32)38-12-18-41(47)19-13-38)27-36(26-34)6-3-33-9-24-45(51-30-33)39-14-20-42(48)21-15-39;3-2(4,5)1-6;;;;;;;/h7-30H,1-6H2;7-10,12,14,16-30H,1-6H2;;;3*1H;;;/q;-3;-1;;;;;;2*+3/p-3. The van der Waals surface area contributed by atoms with E-state index in [2.05, 4.69) is 121 Å². The summed E-state index contributed by atoms with van der Waals surface area (Å²) in [6, 6.07) is 79.5. The Morgan fingerprint density at radius 3 is 0.617 bits per heavy atom. The van der Waals surface area contributed by atoms with Gasteiger partial charge in [-0.25, -0.2) is 26.3 Å². The number of hydrogen-bond donors (Lipinski definition) is 0. The third kappa shape index (κ3) is 29.9. The van der Waals surface area contributed by atoms with Crippen molar-refractivity contribution in [2.24, 2.45) is 0 Å². The molecule has 0 saturated heterocycles. The number of hydrogen-bond acceptors (Lipinski definition) is 8. The third-order valence-corrected chi connectivity index (χ3v) is 18.1. The molecule has 0 aliphatic rings. The van der Waals surface area contributed by atoms with Crippen LogP contribution in [-0.4, -0.2) is 42.4 Å². The first-order chi connectivity index (χ1) is 55.2. The van der Waals surface area contributed by atoms with Gasteiger partial charge in [0.1, 0.15) is 17.5 Å². The number of alkyl halides is 3. The van der Waals surface area contributed by atoms with Crippen LogP contribution in [-0.2, 0) is 139 Å². The molecule has 593 valence electrons. The largest absolute Gasteiger partial charge is 3.00 e. The minimum absolute atomic E-state index is 0. The SMILES string of the molecule is Fc1c[c-]c(-c2ccc(CCc3cc(CCc4ccc(-c5[c-]cc(F)cc5)nc4)cc(CCc4ccc(-c5[c-]cc(F)cc5)nc4)c3)cn2)cc1.Fc1ccc(-c2ccc(CCc3cc(CCc4ccc(-c5ccc(F)cc5)nc4)cc(CCc4ccc(-c5ccc(F)cc5)nc4)c3)cn2)cc1.O=[C-]C(F)(F)F.[Cl][Rh]([Cl])[Cl].[O]=[Ag].[Rh+3]. The number of pyridine rings is 6. The van der Waals surface area contributed by atoms with E-state index in [0.29, 0.717) is 0 Å². The topological polar surface area (TPSA) is 111 Å². The average molecular weight is 1880 g/mol. The maximum atomic E-state index is 13.4. The predicted molar refractivity (Wildman–Crippen MR) is 422 cm³/mol. The van der Waals surface area contributed by atoms with E-state index in [0.717, 1.165) is 178 Å². The maximum Gasteiger partial charge on any atom is 3.00 e. The Morgan fingerprint density at radius 2 is 0.461 bits per heavy atom. The van der Waals surface area contributed by atoms with Crippen LogP contribution in [0.15, 0.2) is 274 Å². The number of halogens is 12. The Hall–Kier alpha value is -9.64. The van der Waals surface area contributed by atoms with Gasteiger partial charge in [0.15, 0.2) is 0 Å². The minimum Gasteiger partial charge on any atom is 3.00 e. The Balaban J connectivity index is 0.000000229. The van der Waals surface area contributed by atoms with Gasteiger partial charge in [-0.3, -0.25) is 28.1 Å². The van der Waals surface area contributed by atoms with Gasteiger partial charge in [0.05, 0.1) is 17.1 Å². The molecule has 0 radical (unpaired) electrons. The zero-order valence-electron chi connectivity index (χ0n) is 61.0. The molecular formula is C92H69AgCl3F9N6O2Rh2-. The average Bonchev–Trinajstić information content (AvgIpc) is 0.823. The summed E-state index contributed by atoms with van der Waals surface area (Å²) in [5, 5.41) is 0. The van der Waals surface area contributed by atoms with Crippen molar-refractivity contribution < 1.29 is 101 Å². The van der Waals surface area contributed by atoms with E-state index in [1.807, 2.05) is 73.6 Å². The zero-order chi connectivity index (χ0) is 80.8. The summed E-state index contributed by atoms with van der Waals surface area (Å²) in [6.07, 6.45) is 16.7. The molecule has 0 fully saturated rings. The number of carbonyl (C=O) groups excluding carboxylic acids is 1. The van der Waals surface area contributed by atoms with Crippen LogP contribution in [0.1, 0.15) is 66.8 Å². The second-order valence-electron chi connectivity index (χ2n) is 26.2. The molecule has 14 rings (SSSR count). The van der Waals surface area contributed by atoms with Crippen molar-refractivity contribution in [3.8, 4) is 67.5 Å². The molecule has 0 unspecified atom stereocenters. The van der Waals surface area contributed by atoms with E-state index in [-0.39, 0.29) is 60.7 Å². The Bertz CT molecular complexity index is 4460. The van der Waals surface area contributed by atoms with Crippen LogP contribution < -0.4 is 0 Å². The third-order valence-electron chi connectivity index (χ3n) is 18.1. The second-order valence-corrected chi connectivity index (χ2v) is 33.6. The number of aromatic nitrogens is 6. The molecule has 0 saturated carbocycles. The fourth-order valence-corrected chi connectivity index (χ4v) is 12.3. The molecule has 8 aromatic carbocycles. The van der Waals surface area contributed by atoms with Crippen LogP contribution in [0.5, 0.6) is 0 Å². The number of benzene rings is 8. The van der Waals surface area contributed by atoms with E-state index in [1.165, 1.54) is 106 Å². The first-order valence-corrected chi connectivity index (χ1v) is 42.6. The van der Waals surface area contributed by atoms with E-state index in [4.69, 9.17) is 37.1 Å². The molecule has 8 nitrogen and oxygen atoms in total. The number of rotatable bonds is 24. The zero-order valence-corrected chi connectivity index (χ0v) is 68.0. The normalized spacial score (nSPS) is 10.9. The van der Waals surface area contributed by atoms with Gasteiger partial charge in [0.25, 0.3) is 6.18 Å². The Kier molecular flexibility index (Phi) is 35.4.